The minimum atomic E-state index is -0.630. The van der Waals surface area contributed by atoms with Crippen molar-refractivity contribution in [2.75, 3.05) is 0 Å². The number of hydrogen-bond donors (Lipinski definition) is 1. The Hall–Kier alpha value is -0.540. The van der Waals surface area contributed by atoms with Crippen molar-refractivity contribution in [2.24, 2.45) is 23.7 Å². The van der Waals surface area contributed by atoms with E-state index in [1.165, 1.54) is 4.88 Å². The molecule has 1 N–H and O–H groups in total. The second kappa shape index (κ2) is 6.27. The van der Waals surface area contributed by atoms with Crippen molar-refractivity contribution in [3.63, 3.8) is 0 Å². The van der Waals surface area contributed by atoms with E-state index in [0.717, 1.165) is 30.0 Å². The van der Waals surface area contributed by atoms with Crippen molar-refractivity contribution < 1.29 is 9.90 Å². The Morgan fingerprint density at radius 1 is 1.47 bits per heavy atom. The average Bonchev–Trinajstić information content (AvgIpc) is 2.74. The predicted molar refractivity (Wildman–Crippen MR) is 79.8 cm³/mol. The van der Waals surface area contributed by atoms with Crippen LogP contribution in [0.5, 0.6) is 0 Å². The summed E-state index contributed by atoms with van der Waals surface area (Å²) >= 11 is 7.54. The van der Waals surface area contributed by atoms with Crippen LogP contribution >= 0.6 is 22.9 Å². The van der Waals surface area contributed by atoms with Gasteiger partial charge in [-0.2, -0.15) is 0 Å². The van der Waals surface area contributed by atoms with Crippen molar-refractivity contribution in [2.45, 2.75) is 39.5 Å². The highest BCUT2D eigenvalue weighted by Gasteiger charge is 2.36. The molecule has 1 fully saturated rings. The van der Waals surface area contributed by atoms with E-state index >= 15 is 0 Å². The van der Waals surface area contributed by atoms with Crippen LogP contribution in [0.2, 0.25) is 4.34 Å². The number of thiophene rings is 1. The highest BCUT2D eigenvalue weighted by molar-refractivity contribution is 7.16. The highest BCUT2D eigenvalue weighted by atomic mass is 35.5. The number of carboxylic acid groups (broad SMARTS) is 1. The lowest BCUT2D eigenvalue weighted by Gasteiger charge is -2.35. The normalized spacial score (nSPS) is 27.7. The number of hydrogen-bond acceptors (Lipinski definition) is 2. The first-order valence-corrected chi connectivity index (χ1v) is 8.13. The molecule has 0 radical (unpaired) electrons. The molecule has 3 atom stereocenters. The van der Waals surface area contributed by atoms with Gasteiger partial charge in [0.05, 0.1) is 10.3 Å². The van der Waals surface area contributed by atoms with Crippen molar-refractivity contribution in [1.82, 2.24) is 0 Å². The largest absolute Gasteiger partial charge is 0.481 e. The Balaban J connectivity index is 2.09. The monoisotopic (exact) mass is 300 g/mol. The lowest BCUT2D eigenvalue weighted by Crippen LogP contribution is -2.33. The zero-order valence-corrected chi connectivity index (χ0v) is 13.0. The van der Waals surface area contributed by atoms with Gasteiger partial charge in [-0.05, 0) is 55.6 Å². The van der Waals surface area contributed by atoms with Gasteiger partial charge in [0.25, 0.3) is 0 Å². The smallest absolute Gasteiger partial charge is 0.306 e. The van der Waals surface area contributed by atoms with Crippen LogP contribution in [-0.2, 0) is 11.2 Å². The summed E-state index contributed by atoms with van der Waals surface area (Å²) in [5, 5.41) is 9.39. The van der Waals surface area contributed by atoms with Gasteiger partial charge in [0.2, 0.25) is 0 Å². The second-order valence-electron chi connectivity index (χ2n) is 5.93. The summed E-state index contributed by atoms with van der Waals surface area (Å²) in [4.78, 5) is 12.6. The summed E-state index contributed by atoms with van der Waals surface area (Å²) in [5.74, 6) is 0.749. The van der Waals surface area contributed by atoms with Crippen molar-refractivity contribution in [3.8, 4) is 0 Å². The minimum absolute atomic E-state index is 0.184. The molecule has 1 aromatic rings. The van der Waals surface area contributed by atoms with E-state index in [-0.39, 0.29) is 11.8 Å². The van der Waals surface area contributed by atoms with Crippen molar-refractivity contribution >= 4 is 28.9 Å². The molecule has 1 aliphatic carbocycles. The predicted octanol–water partition coefficient (Wildman–Crippen LogP) is 4.72. The van der Waals surface area contributed by atoms with Crippen LogP contribution in [0.4, 0.5) is 0 Å². The molecular weight excluding hydrogens is 280 g/mol. The summed E-state index contributed by atoms with van der Waals surface area (Å²) < 4.78 is 0.790. The van der Waals surface area contributed by atoms with Gasteiger partial charge < -0.3 is 5.11 Å². The van der Waals surface area contributed by atoms with E-state index in [1.54, 1.807) is 11.3 Å². The van der Waals surface area contributed by atoms with Gasteiger partial charge in [0.15, 0.2) is 0 Å². The van der Waals surface area contributed by atoms with Gasteiger partial charge in [0, 0.05) is 4.88 Å². The quantitative estimate of drug-likeness (QED) is 0.874. The Morgan fingerprint density at radius 3 is 2.74 bits per heavy atom. The van der Waals surface area contributed by atoms with E-state index in [1.807, 2.05) is 12.1 Å². The molecule has 2 nitrogen and oxygen atoms in total. The number of carbonyl (C=O) groups is 1. The van der Waals surface area contributed by atoms with Gasteiger partial charge >= 0.3 is 5.97 Å². The van der Waals surface area contributed by atoms with Crippen LogP contribution in [-0.4, -0.2) is 11.1 Å². The Bertz CT molecular complexity index is 441. The zero-order chi connectivity index (χ0) is 14.0. The molecular formula is C15H21ClO2S. The first-order valence-electron chi connectivity index (χ1n) is 6.94. The van der Waals surface area contributed by atoms with E-state index in [9.17, 15) is 9.90 Å². The van der Waals surface area contributed by atoms with Crippen molar-refractivity contribution in [3.05, 3.63) is 21.3 Å². The van der Waals surface area contributed by atoms with Gasteiger partial charge in [0.1, 0.15) is 0 Å². The first-order chi connectivity index (χ1) is 8.97. The second-order valence-corrected chi connectivity index (χ2v) is 7.73. The summed E-state index contributed by atoms with van der Waals surface area (Å²) in [7, 11) is 0. The molecule has 0 aromatic carbocycles. The molecule has 1 aliphatic rings. The third-order valence-electron chi connectivity index (χ3n) is 4.38. The summed E-state index contributed by atoms with van der Waals surface area (Å²) in [6.45, 7) is 4.48. The fourth-order valence-electron chi connectivity index (χ4n) is 3.18. The van der Waals surface area contributed by atoms with Crippen LogP contribution < -0.4 is 0 Å². The fraction of sp³-hybridized carbons (Fsp3) is 0.667. The first kappa shape index (κ1) is 14.9. The SMILES string of the molecule is CC(C)C1CCC(C(=O)O)C(Cc2ccc(Cl)s2)C1. The molecule has 3 unspecified atom stereocenters. The Kier molecular flexibility index (Phi) is 4.91. The molecule has 1 aromatic heterocycles. The summed E-state index contributed by atoms with van der Waals surface area (Å²) in [6, 6.07) is 3.94. The van der Waals surface area contributed by atoms with E-state index in [0.29, 0.717) is 11.8 Å². The lowest BCUT2D eigenvalue weighted by molar-refractivity contribution is -0.145. The molecule has 1 heterocycles. The van der Waals surface area contributed by atoms with Gasteiger partial charge in [-0.25, -0.2) is 0 Å². The molecule has 0 amide bonds. The third-order valence-corrected chi connectivity index (χ3v) is 5.63. The van der Waals surface area contributed by atoms with Crippen LogP contribution in [0.15, 0.2) is 12.1 Å². The van der Waals surface area contributed by atoms with Gasteiger partial charge in [-0.3, -0.25) is 4.79 Å². The highest BCUT2D eigenvalue weighted by Crippen LogP contribution is 2.40. The fourth-order valence-corrected chi connectivity index (χ4v) is 4.36. The molecule has 19 heavy (non-hydrogen) atoms. The maximum atomic E-state index is 11.4. The van der Waals surface area contributed by atoms with E-state index < -0.39 is 5.97 Å². The molecule has 4 heteroatoms. The zero-order valence-electron chi connectivity index (χ0n) is 11.4. The van der Waals surface area contributed by atoms with Crippen LogP contribution in [0.25, 0.3) is 0 Å². The third kappa shape index (κ3) is 3.73. The van der Waals surface area contributed by atoms with Crippen molar-refractivity contribution in [1.29, 1.82) is 0 Å². The number of halogens is 1. The molecule has 0 saturated heterocycles. The standard InChI is InChI=1S/C15H21ClO2S/c1-9(2)10-3-5-13(15(17)18)11(7-10)8-12-4-6-14(16)19-12/h4,6,9-11,13H,3,5,7-8H2,1-2H3,(H,17,18). The van der Waals surface area contributed by atoms with E-state index in [4.69, 9.17) is 11.6 Å². The number of rotatable bonds is 4. The number of aliphatic carboxylic acids is 1. The molecule has 0 spiro atoms. The summed E-state index contributed by atoms with van der Waals surface area (Å²) in [6.07, 6.45) is 3.76. The molecule has 0 aliphatic heterocycles. The van der Waals surface area contributed by atoms with E-state index in [2.05, 4.69) is 13.8 Å². The summed E-state index contributed by atoms with van der Waals surface area (Å²) in [5.41, 5.74) is 0. The minimum Gasteiger partial charge on any atom is -0.481 e. The molecule has 0 bridgehead atoms. The lowest BCUT2D eigenvalue weighted by atomic mass is 9.69. The average molecular weight is 301 g/mol. The van der Waals surface area contributed by atoms with Crippen LogP contribution in [0, 0.1) is 23.7 Å². The molecule has 2 rings (SSSR count). The maximum Gasteiger partial charge on any atom is 0.306 e. The maximum absolute atomic E-state index is 11.4. The molecule has 1 saturated carbocycles. The number of carboxylic acids is 1. The van der Waals surface area contributed by atoms with Gasteiger partial charge in [-0.1, -0.05) is 25.4 Å². The van der Waals surface area contributed by atoms with Crippen LogP contribution in [0.3, 0.4) is 0 Å². The molecule has 106 valence electrons. The van der Waals surface area contributed by atoms with Crippen LogP contribution in [0.1, 0.15) is 38.0 Å². The topological polar surface area (TPSA) is 37.3 Å². The van der Waals surface area contributed by atoms with Gasteiger partial charge in [-0.15, -0.1) is 11.3 Å². The Labute approximate surface area is 123 Å². The Morgan fingerprint density at radius 2 is 2.21 bits per heavy atom.